The molecule has 0 fully saturated rings. The Morgan fingerprint density at radius 2 is 0.192 bits per heavy atom. The van der Waals surface area contributed by atoms with Crippen LogP contribution in [0, 0.1) is 0 Å². The second-order valence-electron chi connectivity index (χ2n) is 0. The van der Waals surface area contributed by atoms with Crippen LogP contribution in [0.25, 0.3) is 0 Å². The molecule has 0 aliphatic rings. The van der Waals surface area contributed by atoms with Gasteiger partial charge < -0.3 is 0 Å². The topological polar surface area (TPSA) is 0 Å². The zero-order valence-corrected chi connectivity index (χ0v) is 20.0. The second-order valence-corrected chi connectivity index (χ2v) is 0. The summed E-state index contributed by atoms with van der Waals surface area (Å²) >= 11 is 0. The number of hydrogen-bond acceptors (Lipinski definition) is 0. The molecule has 0 amide bonds. The summed E-state index contributed by atoms with van der Waals surface area (Å²) in [6, 6.07) is 0. The molecule has 0 aromatic carbocycles. The quantitative estimate of drug-likeness (QED) is 0.377. The van der Waals surface area contributed by atoms with Crippen molar-refractivity contribution in [3.8, 4) is 0 Å². The lowest BCUT2D eigenvalue weighted by Gasteiger charge is -1.07. The third kappa shape index (κ3) is 0. The van der Waals surface area contributed by atoms with Crippen LogP contribution in [0.15, 0.2) is 0 Å². The van der Waals surface area contributed by atoms with E-state index in [9.17, 15) is 0 Å². The molecule has 0 unspecified atom stereocenters. The van der Waals surface area contributed by atoms with E-state index in [0.29, 0.717) is 0 Å². The molecule has 0 aromatic heterocycles. The van der Waals surface area contributed by atoms with Crippen molar-refractivity contribution >= 4 is 0 Å². The largest absolute Gasteiger partial charge is 0.0776 e. The first kappa shape index (κ1) is 134. The van der Waals surface area contributed by atoms with Crippen LogP contribution in [-0.2, 0) is 0 Å². The Morgan fingerprint density at radius 3 is 0.192 bits per heavy atom. The van der Waals surface area contributed by atoms with Crippen molar-refractivity contribution in [2.24, 2.45) is 0 Å². The normalized spacial score (nSPS) is 2.62. The lowest BCUT2D eigenvalue weighted by molar-refractivity contribution is 1.50. The molecule has 190 valence electrons. The Morgan fingerprint density at radius 1 is 0.192 bits per heavy atom. The van der Waals surface area contributed by atoms with Crippen molar-refractivity contribution in [2.75, 3.05) is 0 Å². The molecule has 0 saturated carbocycles. The van der Waals surface area contributed by atoms with Crippen LogP contribution in [0.3, 0.4) is 0 Å². The molecule has 0 atom stereocenters. The summed E-state index contributed by atoms with van der Waals surface area (Å²) in [7, 11) is 0. The van der Waals surface area contributed by atoms with Gasteiger partial charge in [-0.3, -0.25) is 0 Å². The summed E-state index contributed by atoms with van der Waals surface area (Å²) in [5, 5.41) is 0. The first-order valence-corrected chi connectivity index (χ1v) is 10.0. The lowest BCUT2D eigenvalue weighted by atomic mass is 11.0. The molecule has 0 aliphatic heterocycles. The van der Waals surface area contributed by atoms with Gasteiger partial charge in [-0.1, -0.05) is 183 Å². The van der Waals surface area contributed by atoms with E-state index in [0.717, 1.165) is 0 Å². The van der Waals surface area contributed by atoms with E-state index in [1.165, 1.54) is 0 Å². The molecular weight excluding hydrogens is 312 g/mol. The van der Waals surface area contributed by atoms with Crippen LogP contribution in [0.2, 0.25) is 0 Å². The predicted octanol–water partition coefficient (Wildman–Crippen LogP) is 14.3. The summed E-state index contributed by atoms with van der Waals surface area (Å²) in [6.45, 7) is 40.0. The highest BCUT2D eigenvalue weighted by Gasteiger charge is 0.950. The fourth-order valence-electron chi connectivity index (χ4n) is 0. The maximum absolute atomic E-state index is 5.00. The second kappa shape index (κ2) is 0. The Bertz CT molecular complexity index is 10.4. The molecular formula is C26H86. The highest BCUT2D eigenvalue weighted by molar-refractivity contribution is 3.52. The number of hydrogen-bond donors (Lipinski definition) is 0. The van der Waals surface area contributed by atoms with Crippen molar-refractivity contribution in [3.05, 3.63) is 0 Å². The van der Waals surface area contributed by atoms with Crippen LogP contribution in [0.1, 0.15) is 186 Å². The summed E-state index contributed by atoms with van der Waals surface area (Å²) in [5.41, 5.74) is 0. The van der Waals surface area contributed by atoms with Crippen molar-refractivity contribution in [1.82, 2.24) is 0 Å². The Kier molecular flexibility index (Phi) is 0. The van der Waals surface area contributed by atoms with Crippen LogP contribution in [0.5, 0.6) is 0 Å². The van der Waals surface area contributed by atoms with Gasteiger partial charge in [-0.2, -0.15) is 0 Å². The van der Waals surface area contributed by atoms with Crippen LogP contribution in [0.4, 0.5) is 0 Å². The third-order valence-corrected chi connectivity index (χ3v) is 0. The first-order valence-electron chi connectivity index (χ1n) is 11.0. The van der Waals surface area contributed by atoms with Crippen LogP contribution in [-0.4, -0.2) is 0 Å². The molecule has 0 saturated heterocycles. The molecule has 0 spiro atoms. The number of rotatable bonds is 0. The fourth-order valence-corrected chi connectivity index (χ4v) is 0. The molecule has 0 aromatic rings. The highest BCUT2D eigenvalue weighted by Crippen LogP contribution is 1.16. The Balaban J connectivity index is -0.00000000310. The third-order valence-electron chi connectivity index (χ3n) is 0. The van der Waals surface area contributed by atoms with E-state index >= 15 is 0 Å². The average Bonchev–Trinajstić information content (AvgIpc) is 2.78. The van der Waals surface area contributed by atoms with Crippen molar-refractivity contribution in [2.45, 2.75) is 183 Å². The monoisotopic (exact) mass is 403 g/mol. The van der Waals surface area contributed by atoms with Crippen molar-refractivity contribution < 1.29 is 2.97 Å². The molecule has 0 radical (unpaired) electrons. The van der Waals surface area contributed by atoms with Gasteiger partial charge in [0.15, 0.2) is 0 Å². The van der Waals surface area contributed by atoms with E-state index in [4.69, 9.17) is 2.97 Å². The van der Waals surface area contributed by atoms with Crippen LogP contribution >= 0.6 is 0 Å². The molecule has 0 aliphatic carbocycles. The predicted molar refractivity (Wildman–Crippen MR) is 156 cm³/mol. The lowest BCUT2D eigenvalue weighted by Crippen LogP contribution is -0.856. The molecule has 0 N–H and O–H groups in total. The standard InChI is InChI=1S/10C2H6.6CH4.H2/c10*1-2;;;;;;;/h10*1-2H3;6*1H4;1H/i;;;;;;;;;;;;;;;;1+2T. The summed E-state index contributed by atoms with van der Waals surface area (Å²) in [6.07, 6.45) is 0. The van der Waals surface area contributed by atoms with Gasteiger partial charge in [0.05, 0.1) is 0 Å². The zero-order valence-electron chi connectivity index (χ0n) is 22.0. The fraction of sp³-hybridized carbons (Fsp3) is 1.00. The average molecular weight is 403 g/mol. The maximum Gasteiger partial charge on any atom is 0 e. The Labute approximate surface area is 186 Å². The highest BCUT2D eigenvalue weighted by atomic mass is 13.0. The summed E-state index contributed by atoms with van der Waals surface area (Å²) in [5.74, 6) is 0. The van der Waals surface area contributed by atoms with Gasteiger partial charge in [0.2, 0.25) is 0 Å². The van der Waals surface area contributed by atoms with Gasteiger partial charge in [-0.25, -0.2) is 0 Å². The van der Waals surface area contributed by atoms with Crippen LogP contribution < -0.4 is 0 Å². The Hall–Kier alpha value is 0. The molecule has 0 nitrogen and oxygen atoms in total. The maximum atomic E-state index is 5.00. The van der Waals surface area contributed by atoms with Gasteiger partial charge >= 0.3 is 0 Å². The van der Waals surface area contributed by atoms with Crippen molar-refractivity contribution in [3.63, 3.8) is 0 Å². The van der Waals surface area contributed by atoms with E-state index < -0.39 is 0 Å². The summed E-state index contributed by atoms with van der Waals surface area (Å²) in [4.78, 5) is 0. The molecule has 26 heavy (non-hydrogen) atoms. The first-order chi connectivity index (χ1) is 11.0. The molecule has 0 bridgehead atoms. The SMILES string of the molecule is C.C.C.C.C.C.CC.CC.CC.CC.CC.CC.CC.CC.CC.CC.[3H][3H]. The van der Waals surface area contributed by atoms with E-state index in [1.807, 2.05) is 138 Å². The summed E-state index contributed by atoms with van der Waals surface area (Å²) < 4.78 is 10.0. The van der Waals surface area contributed by atoms with Gasteiger partial charge in [0, 0.05) is 2.97 Å². The van der Waals surface area contributed by atoms with Gasteiger partial charge in [0.1, 0.15) is 0 Å². The van der Waals surface area contributed by atoms with E-state index in [1.54, 1.807) is 0 Å². The van der Waals surface area contributed by atoms with E-state index in [2.05, 4.69) is 0 Å². The van der Waals surface area contributed by atoms with Gasteiger partial charge in [-0.05, 0) is 0 Å². The van der Waals surface area contributed by atoms with Gasteiger partial charge in [0.25, 0.3) is 0 Å². The minimum absolute atomic E-state index is 0. The molecule has 0 heteroatoms. The van der Waals surface area contributed by atoms with Gasteiger partial charge in [-0.15, -0.1) is 0 Å². The molecule has 0 heterocycles. The zero-order chi connectivity index (χ0) is 22.0. The van der Waals surface area contributed by atoms with Crippen molar-refractivity contribution in [1.29, 1.82) is 0 Å². The molecule has 0 rings (SSSR count). The smallest absolute Gasteiger partial charge is 0 e. The minimum Gasteiger partial charge on any atom is -0.0776 e. The van der Waals surface area contributed by atoms with E-state index in [-0.39, 0.29) is 44.6 Å². The minimum atomic E-state index is 0.